The summed E-state index contributed by atoms with van der Waals surface area (Å²) in [6, 6.07) is 12.8. The van der Waals surface area contributed by atoms with Crippen molar-refractivity contribution >= 4 is 56.9 Å². The molecule has 1 atom stereocenters. The molecule has 6 nitrogen and oxygen atoms in total. The van der Waals surface area contributed by atoms with E-state index in [0.29, 0.717) is 12.1 Å². The molecule has 1 fully saturated rings. The quantitative estimate of drug-likeness (QED) is 0.700. The van der Waals surface area contributed by atoms with Gasteiger partial charge >= 0.3 is 5.97 Å². The highest BCUT2D eigenvalue weighted by molar-refractivity contribution is 9.10. The van der Waals surface area contributed by atoms with Crippen LogP contribution in [-0.2, 0) is 19.1 Å². The maximum absolute atomic E-state index is 12.9. The topological polar surface area (TPSA) is 75.7 Å². The predicted molar refractivity (Wildman–Crippen MR) is 110 cm³/mol. The zero-order valence-corrected chi connectivity index (χ0v) is 17.4. The Balaban J connectivity index is 1.44. The lowest BCUT2D eigenvalue weighted by molar-refractivity contribution is -0.149. The number of thioether (sulfide) groups is 1. The Kier molecular flexibility index (Phi) is 4.93. The average Bonchev–Trinajstić information content (AvgIpc) is 3.18. The molecular weight excluding hydrogens is 444 g/mol. The summed E-state index contributed by atoms with van der Waals surface area (Å²) >= 11 is 4.73. The third-order valence-electron chi connectivity index (χ3n) is 4.77. The smallest absolute Gasteiger partial charge is 0.344 e. The summed E-state index contributed by atoms with van der Waals surface area (Å²) in [4.78, 5) is 38.8. The van der Waals surface area contributed by atoms with E-state index in [9.17, 15) is 14.4 Å². The van der Waals surface area contributed by atoms with Crippen LogP contribution in [0.1, 0.15) is 18.4 Å². The van der Waals surface area contributed by atoms with Crippen LogP contribution in [0.15, 0.2) is 51.8 Å². The number of benzene rings is 2. The summed E-state index contributed by atoms with van der Waals surface area (Å²) in [5.74, 6) is -1.10. The van der Waals surface area contributed by atoms with Crippen molar-refractivity contribution in [2.24, 2.45) is 0 Å². The second-order valence-electron chi connectivity index (χ2n) is 6.67. The van der Waals surface area contributed by atoms with Gasteiger partial charge in [-0.1, -0.05) is 39.8 Å². The maximum atomic E-state index is 12.9. The first-order valence-corrected chi connectivity index (χ1v) is 10.4. The first-order chi connectivity index (χ1) is 13.4. The molecule has 4 rings (SSSR count). The summed E-state index contributed by atoms with van der Waals surface area (Å²) in [6.45, 7) is 1.51. The molecule has 0 aromatic heterocycles. The highest BCUT2D eigenvalue weighted by Gasteiger charge is 2.58. The van der Waals surface area contributed by atoms with Gasteiger partial charge < -0.3 is 10.1 Å². The number of halogens is 1. The fourth-order valence-electron chi connectivity index (χ4n) is 3.44. The Morgan fingerprint density at radius 2 is 2.07 bits per heavy atom. The monoisotopic (exact) mass is 460 g/mol. The third kappa shape index (κ3) is 3.20. The van der Waals surface area contributed by atoms with E-state index in [1.54, 1.807) is 6.07 Å². The van der Waals surface area contributed by atoms with Crippen LogP contribution in [-0.4, -0.2) is 29.3 Å². The number of ether oxygens (including phenoxy) is 1. The van der Waals surface area contributed by atoms with Crippen LogP contribution < -0.4 is 10.2 Å². The maximum Gasteiger partial charge on any atom is 0.344 e. The van der Waals surface area contributed by atoms with E-state index in [1.165, 1.54) is 16.7 Å². The number of aryl methyl sites for hydroxylation is 1. The number of nitrogens with one attached hydrogen (secondary N) is 1. The lowest BCUT2D eigenvalue weighted by Gasteiger charge is -2.28. The lowest BCUT2D eigenvalue weighted by atomic mass is 10.2. The van der Waals surface area contributed by atoms with Crippen LogP contribution in [0.2, 0.25) is 0 Å². The van der Waals surface area contributed by atoms with Crippen molar-refractivity contribution in [1.29, 1.82) is 0 Å². The average molecular weight is 461 g/mol. The highest BCUT2D eigenvalue weighted by Crippen LogP contribution is 2.56. The standard InChI is InChI=1S/C20H17BrN2O4S/c1-12-10-13(6-7-14(12)21)22-17(24)11-27-19(26)20-9-8-18(25)23(20)15-4-2-3-5-16(15)28-20/h2-7,10H,8-9,11H2,1H3,(H,22,24)/t20-/m0/s1. The zero-order valence-electron chi connectivity index (χ0n) is 15.0. The van der Waals surface area contributed by atoms with Crippen molar-refractivity contribution in [2.45, 2.75) is 29.5 Å². The molecular formula is C20H17BrN2O4S. The Hall–Kier alpha value is -2.32. The number of anilines is 2. The fourth-order valence-corrected chi connectivity index (χ4v) is 5.09. The van der Waals surface area contributed by atoms with E-state index in [-0.39, 0.29) is 12.3 Å². The van der Waals surface area contributed by atoms with Crippen LogP contribution in [0.3, 0.4) is 0 Å². The molecule has 0 aliphatic carbocycles. The molecule has 2 amide bonds. The summed E-state index contributed by atoms with van der Waals surface area (Å²) in [5, 5.41) is 2.71. The minimum Gasteiger partial charge on any atom is -0.453 e. The summed E-state index contributed by atoms with van der Waals surface area (Å²) in [5.41, 5.74) is 2.33. The van der Waals surface area contributed by atoms with E-state index >= 15 is 0 Å². The molecule has 2 aliphatic heterocycles. The molecule has 144 valence electrons. The number of rotatable bonds is 4. The SMILES string of the molecule is Cc1cc(NC(=O)COC(=O)[C@@]23CCC(=O)N2c2ccccc2S3)ccc1Br. The number of carbonyl (C=O) groups excluding carboxylic acids is 3. The molecule has 1 N–H and O–H groups in total. The van der Waals surface area contributed by atoms with Crippen LogP contribution >= 0.6 is 27.7 Å². The molecule has 0 unspecified atom stereocenters. The van der Waals surface area contributed by atoms with Crippen molar-refractivity contribution in [3.8, 4) is 0 Å². The van der Waals surface area contributed by atoms with Crippen LogP contribution in [0, 0.1) is 6.92 Å². The summed E-state index contributed by atoms with van der Waals surface area (Å²) < 4.78 is 6.27. The van der Waals surface area contributed by atoms with Gasteiger partial charge in [-0.25, -0.2) is 4.79 Å². The fraction of sp³-hybridized carbons (Fsp3) is 0.250. The molecule has 0 spiro atoms. The Bertz CT molecular complexity index is 996. The van der Waals surface area contributed by atoms with Gasteiger partial charge in [0.25, 0.3) is 5.91 Å². The molecule has 2 aromatic rings. The van der Waals surface area contributed by atoms with Gasteiger partial charge in [0.15, 0.2) is 11.5 Å². The molecule has 28 heavy (non-hydrogen) atoms. The summed E-state index contributed by atoms with van der Waals surface area (Å²) in [6.07, 6.45) is 0.637. The number of hydrogen-bond acceptors (Lipinski definition) is 5. The van der Waals surface area contributed by atoms with Crippen molar-refractivity contribution in [2.75, 3.05) is 16.8 Å². The lowest BCUT2D eigenvalue weighted by Crippen LogP contribution is -2.48. The molecule has 0 radical (unpaired) electrons. The van der Waals surface area contributed by atoms with Crippen molar-refractivity contribution in [3.63, 3.8) is 0 Å². The number of amides is 2. The molecule has 2 heterocycles. The third-order valence-corrected chi connectivity index (χ3v) is 7.11. The van der Waals surface area contributed by atoms with Gasteiger partial charge in [0.05, 0.1) is 5.69 Å². The number of carbonyl (C=O) groups is 3. The predicted octanol–water partition coefficient (Wildman–Crippen LogP) is 3.87. The van der Waals surface area contributed by atoms with E-state index < -0.39 is 23.4 Å². The van der Waals surface area contributed by atoms with Gasteiger partial charge in [0.2, 0.25) is 5.91 Å². The molecule has 2 aromatic carbocycles. The Morgan fingerprint density at radius 3 is 2.86 bits per heavy atom. The Labute approximate surface area is 174 Å². The first kappa shape index (κ1) is 19.0. The number of para-hydroxylation sites is 1. The van der Waals surface area contributed by atoms with E-state index in [4.69, 9.17) is 4.74 Å². The summed E-state index contributed by atoms with van der Waals surface area (Å²) in [7, 11) is 0. The number of esters is 1. The van der Waals surface area contributed by atoms with E-state index in [2.05, 4.69) is 21.2 Å². The van der Waals surface area contributed by atoms with Gasteiger partial charge in [-0.2, -0.15) is 0 Å². The second-order valence-corrected chi connectivity index (χ2v) is 8.85. The Morgan fingerprint density at radius 1 is 1.29 bits per heavy atom. The van der Waals surface area contributed by atoms with Crippen LogP contribution in [0.4, 0.5) is 11.4 Å². The molecule has 0 saturated carbocycles. The minimum atomic E-state index is -1.12. The van der Waals surface area contributed by atoms with Gasteiger partial charge in [0, 0.05) is 27.9 Å². The number of nitrogens with zero attached hydrogens (tertiary/aromatic N) is 1. The van der Waals surface area contributed by atoms with Gasteiger partial charge in [-0.3, -0.25) is 14.5 Å². The molecule has 1 saturated heterocycles. The van der Waals surface area contributed by atoms with Crippen molar-refractivity contribution in [3.05, 3.63) is 52.5 Å². The molecule has 0 bridgehead atoms. The minimum absolute atomic E-state index is 0.107. The van der Waals surface area contributed by atoms with Gasteiger partial charge in [-0.05, 0) is 42.8 Å². The zero-order chi connectivity index (χ0) is 19.9. The highest BCUT2D eigenvalue weighted by atomic mass is 79.9. The molecule has 8 heteroatoms. The van der Waals surface area contributed by atoms with E-state index in [0.717, 1.165) is 20.6 Å². The van der Waals surface area contributed by atoms with Crippen LogP contribution in [0.5, 0.6) is 0 Å². The van der Waals surface area contributed by atoms with Crippen molar-refractivity contribution in [1.82, 2.24) is 0 Å². The van der Waals surface area contributed by atoms with Gasteiger partial charge in [0.1, 0.15) is 0 Å². The second kappa shape index (κ2) is 7.25. The first-order valence-electron chi connectivity index (χ1n) is 8.75. The number of hydrogen-bond donors (Lipinski definition) is 1. The number of fused-ring (bicyclic) bond motifs is 3. The van der Waals surface area contributed by atoms with E-state index in [1.807, 2.05) is 43.3 Å². The van der Waals surface area contributed by atoms with Crippen molar-refractivity contribution < 1.29 is 19.1 Å². The largest absolute Gasteiger partial charge is 0.453 e. The normalized spacial score (nSPS) is 19.9. The van der Waals surface area contributed by atoms with Crippen LogP contribution in [0.25, 0.3) is 0 Å². The van der Waals surface area contributed by atoms with Gasteiger partial charge in [-0.15, -0.1) is 0 Å². The molecule has 2 aliphatic rings.